The molecule has 0 saturated carbocycles. The number of hydrogen-bond acceptors (Lipinski definition) is 4. The maximum atomic E-state index is 11.5. The summed E-state index contributed by atoms with van der Waals surface area (Å²) in [5.41, 5.74) is 0. The zero-order valence-electron chi connectivity index (χ0n) is 19.0. The lowest BCUT2D eigenvalue weighted by atomic mass is 10.0. The van der Waals surface area contributed by atoms with Gasteiger partial charge in [0, 0.05) is 12.7 Å². The lowest BCUT2D eigenvalue weighted by molar-refractivity contribution is -0.134. The summed E-state index contributed by atoms with van der Waals surface area (Å²) in [6.45, 7) is 7.58. The zero-order chi connectivity index (χ0) is 22.3. The Labute approximate surface area is 187 Å². The summed E-state index contributed by atoms with van der Waals surface area (Å²) in [6, 6.07) is 21.3. The molecule has 4 nitrogen and oxygen atoms in total. The topological polar surface area (TPSA) is 44.8 Å². The van der Waals surface area contributed by atoms with Crippen LogP contribution in [0.15, 0.2) is 72.8 Å². The van der Waals surface area contributed by atoms with Crippen molar-refractivity contribution in [3.8, 4) is 0 Å². The van der Waals surface area contributed by atoms with E-state index in [-0.39, 0.29) is 23.2 Å². The number of esters is 1. The standard InChI is InChI=1S/C26H34O4Si/c1-26(2,3)31(21-13-7-5-8-14-21,22-15-9-6-10-16-22)30-24-18-12-20-29-23(24)17-11-19-25(27)28-4/h5-11,13-16,19,23-24H,12,17-18,20H2,1-4H3/b19-11+/t23-,24-/m1/s1. The Bertz CT molecular complexity index is 818. The van der Waals surface area contributed by atoms with Gasteiger partial charge < -0.3 is 13.9 Å². The predicted octanol–water partition coefficient (Wildman–Crippen LogP) is 4.23. The van der Waals surface area contributed by atoms with E-state index in [4.69, 9.17) is 13.9 Å². The Hall–Kier alpha value is -2.21. The number of ether oxygens (including phenoxy) is 2. The van der Waals surface area contributed by atoms with Crippen LogP contribution in [0.1, 0.15) is 40.0 Å². The largest absolute Gasteiger partial charge is 0.466 e. The maximum Gasteiger partial charge on any atom is 0.330 e. The lowest BCUT2D eigenvalue weighted by Gasteiger charge is -2.47. The van der Waals surface area contributed by atoms with E-state index in [9.17, 15) is 4.79 Å². The second kappa shape index (κ2) is 10.4. The summed E-state index contributed by atoms with van der Waals surface area (Å²) >= 11 is 0. The van der Waals surface area contributed by atoms with Gasteiger partial charge >= 0.3 is 5.97 Å². The van der Waals surface area contributed by atoms with Crippen molar-refractivity contribution in [1.82, 2.24) is 0 Å². The third kappa shape index (κ3) is 5.35. The zero-order valence-corrected chi connectivity index (χ0v) is 20.0. The van der Waals surface area contributed by atoms with Crippen LogP contribution in [0.3, 0.4) is 0 Å². The van der Waals surface area contributed by atoms with Crippen LogP contribution in [0.25, 0.3) is 0 Å². The van der Waals surface area contributed by atoms with Crippen LogP contribution in [-0.2, 0) is 18.7 Å². The molecule has 0 spiro atoms. The molecule has 1 fully saturated rings. The number of carbonyl (C=O) groups is 1. The second-order valence-corrected chi connectivity index (χ2v) is 13.3. The van der Waals surface area contributed by atoms with Gasteiger partial charge in [-0.05, 0) is 34.7 Å². The van der Waals surface area contributed by atoms with E-state index in [2.05, 4.69) is 81.4 Å². The van der Waals surface area contributed by atoms with Gasteiger partial charge in [-0.3, -0.25) is 0 Å². The third-order valence-electron chi connectivity index (χ3n) is 5.95. The van der Waals surface area contributed by atoms with Crippen LogP contribution in [0.4, 0.5) is 0 Å². The summed E-state index contributed by atoms with van der Waals surface area (Å²) in [6.07, 6.45) is 5.72. The highest BCUT2D eigenvalue weighted by Gasteiger charge is 2.52. The average molecular weight is 439 g/mol. The number of hydrogen-bond donors (Lipinski definition) is 0. The smallest absolute Gasteiger partial charge is 0.330 e. The van der Waals surface area contributed by atoms with Crippen molar-refractivity contribution in [2.45, 2.75) is 57.3 Å². The summed E-state index contributed by atoms with van der Waals surface area (Å²) in [5, 5.41) is 2.45. The van der Waals surface area contributed by atoms with Gasteiger partial charge in [0.05, 0.1) is 19.3 Å². The van der Waals surface area contributed by atoms with Crippen molar-refractivity contribution in [3.63, 3.8) is 0 Å². The Morgan fingerprint density at radius 3 is 2.16 bits per heavy atom. The molecule has 31 heavy (non-hydrogen) atoms. The van der Waals surface area contributed by atoms with E-state index in [1.807, 2.05) is 6.08 Å². The van der Waals surface area contributed by atoms with Gasteiger partial charge in [-0.2, -0.15) is 0 Å². The molecular weight excluding hydrogens is 404 g/mol. The molecule has 1 heterocycles. The first-order chi connectivity index (χ1) is 14.9. The first kappa shape index (κ1) is 23.5. The quantitative estimate of drug-likeness (QED) is 0.369. The molecule has 0 N–H and O–H groups in total. The normalized spacial score (nSPS) is 20.0. The van der Waals surface area contributed by atoms with Crippen molar-refractivity contribution >= 4 is 24.7 Å². The molecule has 0 unspecified atom stereocenters. The molecule has 5 heteroatoms. The van der Waals surface area contributed by atoms with E-state index in [1.54, 1.807) is 0 Å². The first-order valence-electron chi connectivity index (χ1n) is 11.0. The van der Waals surface area contributed by atoms with Crippen LogP contribution in [0.2, 0.25) is 5.04 Å². The highest BCUT2D eigenvalue weighted by Crippen LogP contribution is 2.39. The van der Waals surface area contributed by atoms with Crippen molar-refractivity contribution in [1.29, 1.82) is 0 Å². The highest BCUT2D eigenvalue weighted by molar-refractivity contribution is 6.99. The van der Waals surface area contributed by atoms with E-state index >= 15 is 0 Å². The molecule has 1 aliphatic heterocycles. The Balaban J connectivity index is 2.01. The van der Waals surface area contributed by atoms with Gasteiger partial charge in [0.1, 0.15) is 0 Å². The summed E-state index contributed by atoms with van der Waals surface area (Å²) in [7, 11) is -1.25. The Morgan fingerprint density at radius 2 is 1.65 bits per heavy atom. The third-order valence-corrected chi connectivity index (χ3v) is 11.0. The van der Waals surface area contributed by atoms with Gasteiger partial charge in [-0.1, -0.05) is 87.5 Å². The van der Waals surface area contributed by atoms with Gasteiger partial charge in [0.15, 0.2) is 0 Å². The minimum atomic E-state index is -2.64. The molecule has 1 saturated heterocycles. The SMILES string of the molecule is COC(=O)/C=C/C[C@H]1OCCC[C@H]1O[Si](c1ccccc1)(c1ccccc1)C(C)(C)C. The number of methoxy groups -OCH3 is 1. The van der Waals surface area contributed by atoms with E-state index in [0.29, 0.717) is 6.42 Å². The molecule has 1 aliphatic rings. The fourth-order valence-electron chi connectivity index (χ4n) is 4.45. The molecular formula is C26H34O4Si. The van der Waals surface area contributed by atoms with Crippen molar-refractivity contribution in [2.75, 3.05) is 13.7 Å². The monoisotopic (exact) mass is 438 g/mol. The van der Waals surface area contributed by atoms with Crippen LogP contribution in [0.5, 0.6) is 0 Å². The Kier molecular flexibility index (Phi) is 7.87. The van der Waals surface area contributed by atoms with Crippen LogP contribution in [0, 0.1) is 0 Å². The molecule has 166 valence electrons. The van der Waals surface area contributed by atoms with Crippen LogP contribution >= 0.6 is 0 Å². The minimum Gasteiger partial charge on any atom is -0.466 e. The van der Waals surface area contributed by atoms with Gasteiger partial charge in [0.25, 0.3) is 8.32 Å². The molecule has 0 aliphatic carbocycles. The van der Waals surface area contributed by atoms with Gasteiger partial charge in [0.2, 0.25) is 0 Å². The highest BCUT2D eigenvalue weighted by atomic mass is 28.4. The number of rotatable bonds is 7. The van der Waals surface area contributed by atoms with Gasteiger partial charge in [-0.15, -0.1) is 0 Å². The minimum absolute atomic E-state index is 0.0395. The summed E-state index contributed by atoms with van der Waals surface area (Å²) in [4.78, 5) is 11.5. The number of carbonyl (C=O) groups excluding carboxylic acids is 1. The van der Waals surface area contributed by atoms with Crippen LogP contribution < -0.4 is 10.4 Å². The average Bonchev–Trinajstić information content (AvgIpc) is 2.78. The maximum absolute atomic E-state index is 11.5. The Morgan fingerprint density at radius 1 is 1.06 bits per heavy atom. The lowest BCUT2D eigenvalue weighted by Crippen LogP contribution is -2.68. The fourth-order valence-corrected chi connectivity index (χ4v) is 9.19. The molecule has 2 atom stereocenters. The van der Waals surface area contributed by atoms with E-state index in [1.165, 1.54) is 23.6 Å². The second-order valence-electron chi connectivity index (χ2n) is 9.03. The first-order valence-corrected chi connectivity index (χ1v) is 12.9. The molecule has 3 rings (SSSR count). The molecule has 0 amide bonds. The van der Waals surface area contributed by atoms with Crippen molar-refractivity contribution in [3.05, 3.63) is 72.8 Å². The van der Waals surface area contributed by atoms with Crippen molar-refractivity contribution in [2.24, 2.45) is 0 Å². The molecule has 0 radical (unpaired) electrons. The summed E-state index contributed by atoms with van der Waals surface area (Å²) < 4.78 is 18.1. The fraction of sp³-hybridized carbons (Fsp3) is 0.423. The molecule has 2 aromatic carbocycles. The van der Waals surface area contributed by atoms with Gasteiger partial charge in [-0.25, -0.2) is 4.79 Å². The van der Waals surface area contributed by atoms with Crippen molar-refractivity contribution < 1.29 is 18.7 Å². The molecule has 0 aromatic heterocycles. The predicted molar refractivity (Wildman–Crippen MR) is 127 cm³/mol. The summed E-state index contributed by atoms with van der Waals surface area (Å²) in [5.74, 6) is -0.347. The van der Waals surface area contributed by atoms with E-state index in [0.717, 1.165) is 19.4 Å². The van der Waals surface area contributed by atoms with E-state index < -0.39 is 8.32 Å². The van der Waals surface area contributed by atoms with Crippen LogP contribution in [-0.4, -0.2) is 40.2 Å². The molecule has 2 aromatic rings. The number of benzene rings is 2. The molecule has 0 bridgehead atoms.